The molecule has 0 aliphatic rings. The van der Waals surface area contributed by atoms with Gasteiger partial charge in [-0.1, -0.05) is 48.5 Å². The summed E-state index contributed by atoms with van der Waals surface area (Å²) in [5.74, 6) is -0.137. The molecule has 30 heavy (non-hydrogen) atoms. The van der Waals surface area contributed by atoms with Crippen LogP contribution in [0.4, 0.5) is 0 Å². The Kier molecular flexibility index (Phi) is 7.01. The maximum atomic E-state index is 12.6. The van der Waals surface area contributed by atoms with Crippen LogP contribution in [0.15, 0.2) is 76.8 Å². The zero-order valence-electron chi connectivity index (χ0n) is 17.2. The molecule has 1 N–H and O–H groups in total. The van der Waals surface area contributed by atoms with E-state index in [9.17, 15) is 14.4 Å². The molecule has 0 spiro atoms. The first-order chi connectivity index (χ1) is 14.5. The molecule has 1 amide bonds. The minimum atomic E-state index is -0.625. The van der Waals surface area contributed by atoms with Gasteiger partial charge in [0.2, 0.25) is 5.91 Å². The van der Waals surface area contributed by atoms with Crippen molar-refractivity contribution in [2.24, 2.45) is 0 Å². The van der Waals surface area contributed by atoms with Crippen LogP contribution in [0.25, 0.3) is 11.0 Å². The summed E-state index contributed by atoms with van der Waals surface area (Å²) in [5.41, 5.74) is 1.29. The Balaban J connectivity index is 1.68. The molecule has 6 heteroatoms. The molecule has 0 aliphatic carbocycles. The summed E-state index contributed by atoms with van der Waals surface area (Å²) < 4.78 is 2.80. The second-order valence-corrected chi connectivity index (χ2v) is 7.39. The van der Waals surface area contributed by atoms with Gasteiger partial charge in [-0.05, 0) is 37.5 Å². The summed E-state index contributed by atoms with van der Waals surface area (Å²) in [6.07, 6.45) is 3.43. The number of para-hydroxylation sites is 2. The SMILES string of the molecule is C=CCn1c(=O)c(=O)n(CCC(=O)NC(C)CCc2ccccc2)c2ccccc21. The summed E-state index contributed by atoms with van der Waals surface area (Å²) in [6.45, 7) is 6.04. The molecule has 2 aromatic carbocycles. The third-order valence-electron chi connectivity index (χ3n) is 5.13. The van der Waals surface area contributed by atoms with Gasteiger partial charge in [0.05, 0.1) is 11.0 Å². The summed E-state index contributed by atoms with van der Waals surface area (Å²) in [6, 6.07) is 17.4. The van der Waals surface area contributed by atoms with E-state index in [-0.39, 0.29) is 31.5 Å². The van der Waals surface area contributed by atoms with Crippen molar-refractivity contribution in [2.45, 2.75) is 45.3 Å². The fraction of sp³-hybridized carbons (Fsp3) is 0.292. The van der Waals surface area contributed by atoms with Crippen LogP contribution in [-0.4, -0.2) is 21.1 Å². The van der Waals surface area contributed by atoms with E-state index in [1.54, 1.807) is 18.2 Å². The average molecular weight is 405 g/mol. The van der Waals surface area contributed by atoms with E-state index in [0.717, 1.165) is 12.8 Å². The third-order valence-corrected chi connectivity index (χ3v) is 5.13. The minimum absolute atomic E-state index is 0.0202. The maximum absolute atomic E-state index is 12.6. The Labute approximate surface area is 175 Å². The lowest BCUT2D eigenvalue weighted by Gasteiger charge is -2.16. The number of hydrogen-bond acceptors (Lipinski definition) is 3. The van der Waals surface area contributed by atoms with E-state index < -0.39 is 11.1 Å². The number of aryl methyl sites for hydroxylation is 2. The smallest absolute Gasteiger partial charge is 0.317 e. The van der Waals surface area contributed by atoms with Gasteiger partial charge in [0.1, 0.15) is 0 Å². The van der Waals surface area contributed by atoms with Gasteiger partial charge >= 0.3 is 11.1 Å². The molecule has 156 valence electrons. The van der Waals surface area contributed by atoms with Gasteiger partial charge in [0.15, 0.2) is 0 Å². The Bertz CT molecular complexity index is 1150. The monoisotopic (exact) mass is 405 g/mol. The summed E-state index contributed by atoms with van der Waals surface area (Å²) in [7, 11) is 0. The van der Waals surface area contributed by atoms with Crippen molar-refractivity contribution >= 4 is 16.9 Å². The molecule has 1 aromatic heterocycles. The number of carbonyl (C=O) groups is 1. The molecule has 6 nitrogen and oxygen atoms in total. The van der Waals surface area contributed by atoms with Crippen molar-refractivity contribution in [1.82, 2.24) is 14.5 Å². The van der Waals surface area contributed by atoms with Crippen LogP contribution in [0.1, 0.15) is 25.3 Å². The fourth-order valence-electron chi connectivity index (χ4n) is 3.56. The number of aromatic nitrogens is 2. The minimum Gasteiger partial charge on any atom is -0.354 e. The lowest BCUT2D eigenvalue weighted by Crippen LogP contribution is -2.42. The second kappa shape index (κ2) is 9.87. The Morgan fingerprint density at radius 1 is 1.00 bits per heavy atom. The lowest BCUT2D eigenvalue weighted by atomic mass is 10.1. The molecule has 0 aliphatic heterocycles. The molecule has 1 unspecified atom stereocenters. The molecule has 3 aromatic rings. The van der Waals surface area contributed by atoms with Crippen molar-refractivity contribution in [3.05, 3.63) is 93.5 Å². The van der Waals surface area contributed by atoms with Crippen LogP contribution in [0.2, 0.25) is 0 Å². The van der Waals surface area contributed by atoms with Gasteiger partial charge in [0.25, 0.3) is 0 Å². The number of allylic oxidation sites excluding steroid dienone is 1. The summed E-state index contributed by atoms with van der Waals surface area (Å²) >= 11 is 0. The lowest BCUT2D eigenvalue weighted by molar-refractivity contribution is -0.121. The van der Waals surface area contributed by atoms with Crippen LogP contribution in [0.5, 0.6) is 0 Å². The first-order valence-corrected chi connectivity index (χ1v) is 10.2. The van der Waals surface area contributed by atoms with Crippen LogP contribution in [-0.2, 0) is 24.3 Å². The number of nitrogens with one attached hydrogen (secondary N) is 1. The molecule has 0 bridgehead atoms. The topological polar surface area (TPSA) is 73.1 Å². The molecule has 0 saturated carbocycles. The van der Waals surface area contributed by atoms with Gasteiger partial charge in [-0.15, -0.1) is 6.58 Å². The van der Waals surface area contributed by atoms with Gasteiger partial charge in [-0.25, -0.2) is 0 Å². The van der Waals surface area contributed by atoms with Crippen molar-refractivity contribution < 1.29 is 4.79 Å². The molecule has 1 heterocycles. The summed E-state index contributed by atoms with van der Waals surface area (Å²) in [5, 5.41) is 2.98. The van der Waals surface area contributed by atoms with Crippen LogP contribution in [0.3, 0.4) is 0 Å². The van der Waals surface area contributed by atoms with E-state index in [4.69, 9.17) is 0 Å². The van der Waals surface area contributed by atoms with Crippen molar-refractivity contribution in [3.8, 4) is 0 Å². The summed E-state index contributed by atoms with van der Waals surface area (Å²) in [4.78, 5) is 37.6. The van der Waals surface area contributed by atoms with Crippen LogP contribution >= 0.6 is 0 Å². The predicted octanol–water partition coefficient (Wildman–Crippen LogP) is 2.88. The highest BCUT2D eigenvalue weighted by molar-refractivity contribution is 5.77. The molecule has 1 atom stereocenters. The van der Waals surface area contributed by atoms with Gasteiger partial charge in [-0.2, -0.15) is 0 Å². The van der Waals surface area contributed by atoms with Crippen molar-refractivity contribution in [2.75, 3.05) is 0 Å². The van der Waals surface area contributed by atoms with E-state index in [2.05, 4.69) is 24.0 Å². The highest BCUT2D eigenvalue weighted by Gasteiger charge is 2.14. The van der Waals surface area contributed by atoms with E-state index >= 15 is 0 Å². The highest BCUT2D eigenvalue weighted by atomic mass is 16.2. The Hall–Kier alpha value is -3.41. The largest absolute Gasteiger partial charge is 0.354 e. The van der Waals surface area contributed by atoms with Gasteiger partial charge < -0.3 is 9.88 Å². The molecular formula is C24H27N3O3. The quantitative estimate of drug-likeness (QED) is 0.439. The van der Waals surface area contributed by atoms with Gasteiger partial charge in [0, 0.05) is 25.6 Å². The first-order valence-electron chi connectivity index (χ1n) is 10.2. The van der Waals surface area contributed by atoms with E-state index in [1.165, 1.54) is 14.7 Å². The fourth-order valence-corrected chi connectivity index (χ4v) is 3.56. The Morgan fingerprint density at radius 3 is 2.27 bits per heavy atom. The number of carbonyl (C=O) groups excluding carboxylic acids is 1. The number of fused-ring (bicyclic) bond motifs is 1. The van der Waals surface area contributed by atoms with E-state index in [1.807, 2.05) is 37.3 Å². The van der Waals surface area contributed by atoms with Crippen molar-refractivity contribution in [3.63, 3.8) is 0 Å². The van der Waals surface area contributed by atoms with E-state index in [0.29, 0.717) is 11.0 Å². The predicted molar refractivity (Wildman–Crippen MR) is 120 cm³/mol. The maximum Gasteiger partial charge on any atom is 0.317 e. The average Bonchev–Trinajstić information content (AvgIpc) is 2.76. The first kappa shape index (κ1) is 21.3. The normalized spacial score (nSPS) is 11.9. The molecule has 0 radical (unpaired) electrons. The number of nitrogens with zero attached hydrogens (tertiary/aromatic N) is 2. The molecule has 0 fully saturated rings. The zero-order chi connectivity index (χ0) is 21.5. The van der Waals surface area contributed by atoms with Gasteiger partial charge in [-0.3, -0.25) is 19.0 Å². The second-order valence-electron chi connectivity index (χ2n) is 7.39. The van der Waals surface area contributed by atoms with Crippen LogP contribution in [0, 0.1) is 0 Å². The number of rotatable bonds is 9. The Morgan fingerprint density at radius 2 is 1.60 bits per heavy atom. The number of amides is 1. The third kappa shape index (κ3) is 4.95. The standard InChI is InChI=1S/C24H27N3O3/c1-3-16-26-20-11-7-8-12-21(20)27(24(30)23(26)29)17-15-22(28)25-18(2)13-14-19-9-5-4-6-10-19/h3-12,18H,1,13-17H2,2H3,(H,25,28). The zero-order valence-corrected chi connectivity index (χ0v) is 17.2. The van der Waals surface area contributed by atoms with Crippen LogP contribution < -0.4 is 16.4 Å². The highest BCUT2D eigenvalue weighted by Crippen LogP contribution is 2.11. The molecule has 0 saturated heterocycles. The number of hydrogen-bond donors (Lipinski definition) is 1. The molecule has 3 rings (SSSR count). The molecular weight excluding hydrogens is 378 g/mol. The number of benzene rings is 2. The van der Waals surface area contributed by atoms with Crippen molar-refractivity contribution in [1.29, 1.82) is 0 Å².